The summed E-state index contributed by atoms with van der Waals surface area (Å²) in [6.07, 6.45) is -0.695. The summed E-state index contributed by atoms with van der Waals surface area (Å²) in [4.78, 5) is 14.5. The van der Waals surface area contributed by atoms with Gasteiger partial charge in [-0.3, -0.25) is 4.79 Å². The van der Waals surface area contributed by atoms with E-state index in [1.54, 1.807) is 0 Å². The Morgan fingerprint density at radius 3 is 2.38 bits per heavy atom. The number of carbonyl (C=O) groups excluding carboxylic acids is 1. The molecule has 5 rings (SSSR count). The van der Waals surface area contributed by atoms with Crippen molar-refractivity contribution in [2.45, 2.75) is 26.2 Å². The lowest BCUT2D eigenvalue weighted by Crippen LogP contribution is -2.26. The van der Waals surface area contributed by atoms with Crippen molar-refractivity contribution in [1.82, 2.24) is 19.2 Å². The number of rotatable bonds is 3. The highest BCUT2D eigenvalue weighted by molar-refractivity contribution is 5.94. The molecule has 4 aromatic rings. The Hall–Kier alpha value is -3.81. The Bertz CT molecular complexity index is 1290. The highest BCUT2D eigenvalue weighted by Crippen LogP contribution is 2.33. The molecule has 5 nitrogen and oxygen atoms in total. The molecule has 0 saturated heterocycles. The van der Waals surface area contributed by atoms with E-state index >= 15 is 0 Å². The van der Waals surface area contributed by atoms with Crippen LogP contribution in [0.5, 0.6) is 0 Å². The molecule has 0 spiro atoms. The largest absolute Gasteiger partial charge is 0.416 e. The first kappa shape index (κ1) is 20.1. The van der Waals surface area contributed by atoms with E-state index < -0.39 is 17.6 Å². The van der Waals surface area contributed by atoms with Crippen LogP contribution in [-0.4, -0.2) is 25.2 Å². The number of aromatic nitrogens is 3. The second-order valence-corrected chi connectivity index (χ2v) is 7.83. The van der Waals surface area contributed by atoms with E-state index in [0.717, 1.165) is 40.5 Å². The van der Waals surface area contributed by atoms with Crippen molar-refractivity contribution >= 4 is 5.91 Å². The number of aryl methyl sites for hydroxylation is 1. The van der Waals surface area contributed by atoms with Gasteiger partial charge in [0.1, 0.15) is 5.82 Å². The Morgan fingerprint density at radius 2 is 1.69 bits per heavy atom. The summed E-state index contributed by atoms with van der Waals surface area (Å²) in [5.41, 5.74) is 2.81. The summed E-state index contributed by atoms with van der Waals surface area (Å²) >= 11 is 0. The van der Waals surface area contributed by atoms with Crippen molar-refractivity contribution in [3.8, 4) is 11.5 Å². The summed E-state index contributed by atoms with van der Waals surface area (Å²) in [7, 11) is 0. The second kappa shape index (κ2) is 7.40. The molecule has 0 aliphatic carbocycles. The van der Waals surface area contributed by atoms with E-state index in [0.29, 0.717) is 0 Å². The van der Waals surface area contributed by atoms with E-state index in [2.05, 4.69) is 0 Å². The van der Waals surface area contributed by atoms with Crippen molar-refractivity contribution in [2.24, 2.45) is 0 Å². The van der Waals surface area contributed by atoms with Gasteiger partial charge in [-0.25, -0.2) is 4.68 Å². The third-order valence-electron chi connectivity index (χ3n) is 5.58. The first-order valence-corrected chi connectivity index (χ1v) is 10.1. The zero-order valence-electron chi connectivity index (χ0n) is 17.2. The number of hydrogen-bond acceptors (Lipinski definition) is 2. The smallest absolute Gasteiger partial charge is 0.328 e. The number of halogens is 3. The zero-order valence-corrected chi connectivity index (χ0v) is 17.2. The third-order valence-corrected chi connectivity index (χ3v) is 5.58. The molecule has 0 atom stereocenters. The molecule has 162 valence electrons. The van der Waals surface area contributed by atoms with Gasteiger partial charge in [0.15, 0.2) is 0 Å². The van der Waals surface area contributed by atoms with E-state index in [9.17, 15) is 18.0 Å². The van der Waals surface area contributed by atoms with Crippen molar-refractivity contribution in [3.05, 3.63) is 101 Å². The van der Waals surface area contributed by atoms with Crippen LogP contribution in [0.4, 0.5) is 13.2 Å². The fourth-order valence-corrected chi connectivity index (χ4v) is 3.96. The van der Waals surface area contributed by atoms with Crippen molar-refractivity contribution in [2.75, 3.05) is 0 Å². The Labute approximate surface area is 182 Å². The maximum absolute atomic E-state index is 13.1. The summed E-state index contributed by atoms with van der Waals surface area (Å²) in [5.74, 6) is 0.364. The molecule has 0 N–H and O–H groups in total. The van der Waals surface area contributed by atoms with Crippen LogP contribution in [0.2, 0.25) is 0 Å². The summed E-state index contributed by atoms with van der Waals surface area (Å²) < 4.78 is 43.0. The number of nitrogens with zero attached hydrogens (tertiary/aromatic N) is 4. The summed E-state index contributed by atoms with van der Waals surface area (Å²) in [6, 6.07) is 16.3. The summed E-state index contributed by atoms with van der Waals surface area (Å²) in [5, 5.41) is 4.75. The number of benzene rings is 2. The van der Waals surface area contributed by atoms with Gasteiger partial charge in [0.25, 0.3) is 5.91 Å². The first-order chi connectivity index (χ1) is 15.3. The fourth-order valence-electron chi connectivity index (χ4n) is 3.96. The SMILES string of the molecule is Cc1ccc(-n2nc3c(c2-n2cccc2)CN(C(=O)c2cccc(C(F)(F)F)c2)C3)cc1. The standard InChI is InChI=1S/C24H19F3N4O/c1-16-7-9-19(10-8-16)31-22(29-11-2-3-12-29)20-14-30(15-21(20)28-31)23(32)17-5-4-6-18(13-17)24(25,26)27/h2-13H,14-15H2,1H3. The van der Waals surface area contributed by atoms with Crippen molar-refractivity contribution in [3.63, 3.8) is 0 Å². The van der Waals surface area contributed by atoms with Gasteiger partial charge in [0.2, 0.25) is 0 Å². The lowest BCUT2D eigenvalue weighted by atomic mass is 10.1. The highest BCUT2D eigenvalue weighted by atomic mass is 19.4. The zero-order chi connectivity index (χ0) is 22.5. The van der Waals surface area contributed by atoms with Crippen LogP contribution in [0.1, 0.15) is 32.7 Å². The lowest BCUT2D eigenvalue weighted by Gasteiger charge is -2.18. The molecule has 0 saturated carbocycles. The quantitative estimate of drug-likeness (QED) is 0.446. The number of hydrogen-bond donors (Lipinski definition) is 0. The fraction of sp³-hybridized carbons (Fsp3) is 0.167. The molecular weight excluding hydrogens is 417 g/mol. The molecule has 0 fully saturated rings. The van der Waals surface area contributed by atoms with Crippen LogP contribution >= 0.6 is 0 Å². The monoisotopic (exact) mass is 436 g/mol. The predicted octanol–water partition coefficient (Wildman–Crippen LogP) is 5.15. The van der Waals surface area contributed by atoms with Crippen LogP contribution in [0.25, 0.3) is 11.5 Å². The van der Waals surface area contributed by atoms with Gasteiger partial charge in [-0.15, -0.1) is 0 Å². The molecule has 0 bridgehead atoms. The molecular formula is C24H19F3N4O. The van der Waals surface area contributed by atoms with Crippen LogP contribution in [0, 0.1) is 6.92 Å². The topological polar surface area (TPSA) is 43.1 Å². The molecule has 3 heterocycles. The third kappa shape index (κ3) is 3.47. The van der Waals surface area contributed by atoms with Gasteiger partial charge < -0.3 is 9.47 Å². The van der Waals surface area contributed by atoms with E-state index in [1.807, 2.05) is 65.0 Å². The van der Waals surface area contributed by atoms with Crippen LogP contribution < -0.4 is 0 Å². The van der Waals surface area contributed by atoms with Gasteiger partial charge >= 0.3 is 6.18 Å². The molecule has 1 amide bonds. The second-order valence-electron chi connectivity index (χ2n) is 7.83. The van der Waals surface area contributed by atoms with Crippen molar-refractivity contribution in [1.29, 1.82) is 0 Å². The van der Waals surface area contributed by atoms with Gasteiger partial charge in [0.05, 0.1) is 30.0 Å². The molecule has 2 aromatic heterocycles. The molecule has 2 aromatic carbocycles. The average molecular weight is 436 g/mol. The maximum Gasteiger partial charge on any atom is 0.416 e. The average Bonchev–Trinajstić information content (AvgIpc) is 3.49. The Morgan fingerprint density at radius 1 is 0.969 bits per heavy atom. The Balaban J connectivity index is 1.50. The van der Waals surface area contributed by atoms with Gasteiger partial charge in [-0.05, 0) is 49.4 Å². The highest BCUT2D eigenvalue weighted by Gasteiger charge is 2.34. The van der Waals surface area contributed by atoms with Crippen LogP contribution in [0.15, 0.2) is 73.1 Å². The molecule has 0 unspecified atom stereocenters. The maximum atomic E-state index is 13.1. The van der Waals surface area contributed by atoms with E-state index in [4.69, 9.17) is 5.10 Å². The van der Waals surface area contributed by atoms with Crippen LogP contribution in [-0.2, 0) is 19.3 Å². The molecule has 1 aliphatic heterocycles. The van der Waals surface area contributed by atoms with E-state index in [-0.39, 0.29) is 18.7 Å². The first-order valence-electron chi connectivity index (χ1n) is 10.1. The molecule has 0 radical (unpaired) electrons. The number of alkyl halides is 3. The Kier molecular flexibility index (Phi) is 4.65. The van der Waals surface area contributed by atoms with Crippen molar-refractivity contribution < 1.29 is 18.0 Å². The van der Waals surface area contributed by atoms with Gasteiger partial charge in [-0.1, -0.05) is 23.8 Å². The van der Waals surface area contributed by atoms with Crippen LogP contribution in [0.3, 0.4) is 0 Å². The lowest BCUT2D eigenvalue weighted by molar-refractivity contribution is -0.137. The minimum atomic E-state index is -4.50. The van der Waals surface area contributed by atoms with Gasteiger partial charge in [-0.2, -0.15) is 18.3 Å². The normalized spacial score (nSPS) is 13.4. The predicted molar refractivity (Wildman–Crippen MR) is 113 cm³/mol. The summed E-state index contributed by atoms with van der Waals surface area (Å²) in [6.45, 7) is 2.51. The molecule has 32 heavy (non-hydrogen) atoms. The van der Waals surface area contributed by atoms with Gasteiger partial charge in [0, 0.05) is 23.5 Å². The van der Waals surface area contributed by atoms with E-state index in [1.165, 1.54) is 17.0 Å². The number of amides is 1. The molecule has 8 heteroatoms. The minimum absolute atomic E-state index is 0.0129. The molecule has 1 aliphatic rings. The number of fused-ring (bicyclic) bond motifs is 1. The minimum Gasteiger partial charge on any atom is -0.328 e. The number of carbonyl (C=O) groups is 1.